The van der Waals surface area contributed by atoms with Crippen LogP contribution in [0.3, 0.4) is 0 Å². The summed E-state index contributed by atoms with van der Waals surface area (Å²) in [7, 11) is 0. The summed E-state index contributed by atoms with van der Waals surface area (Å²) in [5.41, 5.74) is -2.48. The van der Waals surface area contributed by atoms with Gasteiger partial charge in [-0.05, 0) is 0 Å². The van der Waals surface area contributed by atoms with Crippen molar-refractivity contribution in [3.8, 4) is 0 Å². The predicted molar refractivity (Wildman–Crippen MR) is 32.6 cm³/mol. The first-order valence-corrected chi connectivity index (χ1v) is 11.4. The average Bonchev–Trinajstić information content (AvgIpc) is 1.87. The Morgan fingerprint density at radius 2 is 1.25 bits per heavy atom. The van der Waals surface area contributed by atoms with E-state index in [1.54, 1.807) is 0 Å². The molecule has 0 nitrogen and oxygen atoms in total. The molecule has 0 rings (SSSR count). The van der Waals surface area contributed by atoms with Crippen LogP contribution in [0.15, 0.2) is 0 Å². The summed E-state index contributed by atoms with van der Waals surface area (Å²) in [5.74, 6) is 0. The van der Waals surface area contributed by atoms with Crippen molar-refractivity contribution < 1.29 is 13.2 Å². The quantitative estimate of drug-likeness (QED) is 0.672. The van der Waals surface area contributed by atoms with Crippen LogP contribution in [0.4, 0.5) is 13.2 Å². The van der Waals surface area contributed by atoms with E-state index in [0.717, 1.165) is 0 Å². The molecule has 0 amide bonds. The van der Waals surface area contributed by atoms with E-state index in [0.29, 0.717) is 0 Å². The molecular weight excluding hydrogens is 246 g/mol. The van der Waals surface area contributed by atoms with Gasteiger partial charge in [-0.25, -0.2) is 0 Å². The van der Waals surface area contributed by atoms with Gasteiger partial charge in [-0.3, -0.25) is 0 Å². The summed E-state index contributed by atoms with van der Waals surface area (Å²) in [6.45, 7) is 0. The van der Waals surface area contributed by atoms with Crippen molar-refractivity contribution in [3.05, 3.63) is 0 Å². The first kappa shape index (κ1) is 8.81. The molecule has 0 aliphatic rings. The number of hydrogen-bond donors (Lipinski definition) is 0. The van der Waals surface area contributed by atoms with Gasteiger partial charge < -0.3 is 0 Å². The van der Waals surface area contributed by atoms with E-state index in [1.165, 1.54) is 0 Å². The van der Waals surface area contributed by atoms with E-state index in [-0.39, 0.29) is 0 Å². The van der Waals surface area contributed by atoms with Crippen LogP contribution >= 0.6 is 14.0 Å². The van der Waals surface area contributed by atoms with Crippen LogP contribution in [0.5, 0.6) is 0 Å². The van der Waals surface area contributed by atoms with Crippen molar-refractivity contribution in [2.75, 3.05) is 16.5 Å². The third-order valence-corrected chi connectivity index (χ3v) is 7.04. The molecule has 0 aromatic heterocycles. The van der Waals surface area contributed by atoms with Crippen molar-refractivity contribution in [1.29, 1.82) is 0 Å². The fourth-order valence-corrected chi connectivity index (χ4v) is 0.557. The summed E-state index contributed by atoms with van der Waals surface area (Å²) >= 11 is -0.568. The fraction of sp³-hybridized carbons (Fsp3) is 1.00. The molecule has 0 aliphatic carbocycles. The van der Waals surface area contributed by atoms with Crippen molar-refractivity contribution in [1.82, 2.24) is 0 Å². The molecule has 0 saturated heterocycles. The van der Waals surface area contributed by atoms with Crippen LogP contribution in [0, 0.1) is 0 Å². The Labute approximate surface area is 55.4 Å². The molecule has 0 fully saturated rings. The van der Waals surface area contributed by atoms with E-state index in [1.807, 2.05) is 0 Å². The Kier molecular flexibility index (Phi) is 4.15. The zero-order chi connectivity index (χ0) is 6.62. The minimum absolute atomic E-state index is 0.826. The monoisotopic (exact) mass is 252 g/mol. The molecule has 0 saturated carbocycles. The second-order valence-corrected chi connectivity index (χ2v) is 16.8. The molecule has 50 valence electrons. The average molecular weight is 252 g/mol. The Bertz CT molecular complexity index is 57.3. The second kappa shape index (κ2) is 3.77. The summed E-state index contributed by atoms with van der Waals surface area (Å²) in [6, 6.07) is 0. The number of alkyl halides is 3. The molecule has 0 aromatic rings. The third kappa shape index (κ3) is 2.39. The molecule has 5 heteroatoms. The normalized spacial score (nSPS) is 12.0. The zero-order valence-corrected chi connectivity index (χ0v) is 7.82. The van der Waals surface area contributed by atoms with Gasteiger partial charge >= 0.3 is 55.1 Å². The van der Waals surface area contributed by atoms with Crippen LogP contribution in [-0.2, 0) is 0 Å². The number of rotatable bonds is 3. The van der Waals surface area contributed by atoms with E-state index >= 15 is 0 Å². The van der Waals surface area contributed by atoms with E-state index in [4.69, 9.17) is 0 Å². The van der Waals surface area contributed by atoms with Crippen LogP contribution in [-0.4, -0.2) is 27.9 Å². The SMILES string of the molecule is F[CH2][Ge]([Br])([CH2]F)[CH2]F. The Hall–Kier alpha value is 0.813. The van der Waals surface area contributed by atoms with Crippen LogP contribution in [0.25, 0.3) is 0 Å². The molecular formula is C3H6BrF3Ge. The van der Waals surface area contributed by atoms with Crippen LogP contribution in [0.1, 0.15) is 0 Å². The molecule has 0 atom stereocenters. The van der Waals surface area contributed by atoms with Gasteiger partial charge in [-0.2, -0.15) is 0 Å². The van der Waals surface area contributed by atoms with Gasteiger partial charge in [0.1, 0.15) is 0 Å². The van der Waals surface area contributed by atoms with Gasteiger partial charge in [-0.15, -0.1) is 0 Å². The molecule has 0 aliphatic heterocycles. The standard InChI is InChI=1S/C3H6BrF3Ge/c4-8(1-5,2-6)3-7/h1-3H2. The molecule has 0 bridgehead atoms. The van der Waals surface area contributed by atoms with E-state index in [9.17, 15) is 13.2 Å². The first-order chi connectivity index (χ1) is 3.68. The van der Waals surface area contributed by atoms with Gasteiger partial charge in [0, 0.05) is 0 Å². The minimum atomic E-state index is -3.31. The molecule has 0 heterocycles. The number of halogens is 4. The van der Waals surface area contributed by atoms with Crippen LogP contribution in [0.2, 0.25) is 0 Å². The zero-order valence-electron chi connectivity index (χ0n) is 4.13. The molecule has 8 heavy (non-hydrogen) atoms. The molecule has 0 unspecified atom stereocenters. The van der Waals surface area contributed by atoms with Crippen molar-refractivity contribution in [2.24, 2.45) is 0 Å². The maximum absolute atomic E-state index is 11.6. The van der Waals surface area contributed by atoms with E-state index < -0.39 is 27.9 Å². The van der Waals surface area contributed by atoms with Gasteiger partial charge in [0.05, 0.1) is 0 Å². The van der Waals surface area contributed by atoms with E-state index in [2.05, 4.69) is 14.0 Å². The van der Waals surface area contributed by atoms with Gasteiger partial charge in [0.2, 0.25) is 0 Å². The Morgan fingerprint density at radius 1 is 1.00 bits per heavy atom. The van der Waals surface area contributed by atoms with Crippen molar-refractivity contribution in [3.63, 3.8) is 0 Å². The fourth-order valence-electron chi connectivity index (χ4n) is 0.107. The van der Waals surface area contributed by atoms with Crippen molar-refractivity contribution >= 4 is 25.4 Å². The Morgan fingerprint density at radius 3 is 1.25 bits per heavy atom. The van der Waals surface area contributed by atoms with Crippen LogP contribution < -0.4 is 0 Å². The predicted octanol–water partition coefficient (Wildman–Crippen LogP) is 1.85. The number of hydrogen-bond acceptors (Lipinski definition) is 0. The summed E-state index contributed by atoms with van der Waals surface area (Å²) in [6.07, 6.45) is 0. The third-order valence-electron chi connectivity index (χ3n) is 0.718. The van der Waals surface area contributed by atoms with Gasteiger partial charge in [0.25, 0.3) is 0 Å². The maximum atomic E-state index is 11.6. The molecule has 0 aromatic carbocycles. The van der Waals surface area contributed by atoms with Gasteiger partial charge in [-0.1, -0.05) is 0 Å². The molecule has 0 N–H and O–H groups in total. The first-order valence-electron chi connectivity index (χ1n) is 2.05. The topological polar surface area (TPSA) is 0 Å². The summed E-state index contributed by atoms with van der Waals surface area (Å²) in [4.78, 5) is 0. The summed E-state index contributed by atoms with van der Waals surface area (Å²) < 4.78 is 34.8. The van der Waals surface area contributed by atoms with Crippen molar-refractivity contribution in [2.45, 2.75) is 0 Å². The van der Waals surface area contributed by atoms with Gasteiger partial charge in [0.15, 0.2) is 0 Å². The molecule has 0 radical (unpaired) electrons. The Balaban J connectivity index is 3.58. The summed E-state index contributed by atoms with van der Waals surface area (Å²) in [5, 5.41) is 0. The second-order valence-electron chi connectivity index (χ2n) is 1.55. The molecule has 0 spiro atoms.